The summed E-state index contributed by atoms with van der Waals surface area (Å²) in [5.41, 5.74) is 0.527. The van der Waals surface area contributed by atoms with Gasteiger partial charge in [-0.3, -0.25) is 9.59 Å². The van der Waals surface area contributed by atoms with Crippen molar-refractivity contribution in [1.82, 2.24) is 5.32 Å². The van der Waals surface area contributed by atoms with Crippen LogP contribution in [0.5, 0.6) is 5.75 Å². The van der Waals surface area contributed by atoms with Gasteiger partial charge in [-0.25, -0.2) is 0 Å². The van der Waals surface area contributed by atoms with Gasteiger partial charge >= 0.3 is 5.97 Å². The van der Waals surface area contributed by atoms with Gasteiger partial charge in [0.1, 0.15) is 12.4 Å². The normalized spacial score (nSPS) is 11.4. The Morgan fingerprint density at radius 2 is 1.89 bits per heavy atom. The maximum absolute atomic E-state index is 12.5. The van der Waals surface area contributed by atoms with E-state index < -0.39 is 5.97 Å². The molecular weight excluding hydrogens is 358 g/mol. The van der Waals surface area contributed by atoms with E-state index in [4.69, 9.17) is 14.6 Å². The first kappa shape index (κ1) is 21.4. The zero-order chi connectivity index (χ0) is 20.2. The summed E-state index contributed by atoms with van der Waals surface area (Å²) in [6, 6.07) is 13.7. The van der Waals surface area contributed by atoms with Crippen LogP contribution in [0.25, 0.3) is 10.8 Å². The predicted molar refractivity (Wildman–Crippen MR) is 109 cm³/mol. The van der Waals surface area contributed by atoms with Crippen LogP contribution in [0, 0.1) is 0 Å². The number of carboxylic acids is 1. The van der Waals surface area contributed by atoms with Gasteiger partial charge in [-0.1, -0.05) is 42.5 Å². The summed E-state index contributed by atoms with van der Waals surface area (Å²) < 4.78 is 10.9. The largest absolute Gasteiger partial charge is 0.488 e. The van der Waals surface area contributed by atoms with Crippen molar-refractivity contribution in [2.45, 2.75) is 25.7 Å². The van der Waals surface area contributed by atoms with Crippen molar-refractivity contribution < 1.29 is 24.2 Å². The third-order valence-electron chi connectivity index (χ3n) is 4.25. The van der Waals surface area contributed by atoms with E-state index in [1.165, 1.54) is 0 Å². The number of rotatable bonds is 12. The lowest BCUT2D eigenvalue weighted by atomic mass is 10.1. The van der Waals surface area contributed by atoms with E-state index in [1.807, 2.05) is 48.5 Å². The molecule has 0 saturated carbocycles. The Balaban J connectivity index is 2.02. The molecular formula is C22H27NO5. The van der Waals surface area contributed by atoms with Gasteiger partial charge in [0.2, 0.25) is 5.91 Å². The number of ether oxygens (including phenoxy) is 2. The number of carbonyl (C=O) groups excluding carboxylic acids is 1. The van der Waals surface area contributed by atoms with Crippen molar-refractivity contribution in [3.63, 3.8) is 0 Å². The van der Waals surface area contributed by atoms with Crippen LogP contribution in [-0.2, 0) is 14.3 Å². The van der Waals surface area contributed by atoms with Gasteiger partial charge in [0.05, 0.1) is 12.2 Å². The van der Waals surface area contributed by atoms with Crippen LogP contribution < -0.4 is 10.1 Å². The first-order valence-corrected chi connectivity index (χ1v) is 9.40. The van der Waals surface area contributed by atoms with Gasteiger partial charge in [-0.05, 0) is 30.7 Å². The Bertz CT molecular complexity index is 810. The molecule has 0 atom stereocenters. The Labute approximate surface area is 165 Å². The molecule has 0 unspecified atom stereocenters. The summed E-state index contributed by atoms with van der Waals surface area (Å²) in [6.07, 6.45) is 3.87. The average Bonchev–Trinajstić information content (AvgIpc) is 2.70. The molecule has 0 heterocycles. The van der Waals surface area contributed by atoms with Crippen molar-refractivity contribution >= 4 is 22.6 Å². The molecule has 0 aliphatic rings. The molecule has 0 aliphatic heterocycles. The Morgan fingerprint density at radius 3 is 2.68 bits per heavy atom. The van der Waals surface area contributed by atoms with E-state index >= 15 is 0 Å². The molecule has 0 radical (unpaired) electrons. The summed E-state index contributed by atoms with van der Waals surface area (Å²) in [5, 5.41) is 13.6. The smallest absolute Gasteiger partial charge is 0.303 e. The molecule has 0 saturated heterocycles. The summed E-state index contributed by atoms with van der Waals surface area (Å²) in [4.78, 5) is 23.1. The number of unbranched alkanes of at least 4 members (excludes halogenated alkanes) is 2. The molecule has 0 fully saturated rings. The fourth-order valence-electron chi connectivity index (χ4n) is 2.77. The molecule has 1 amide bonds. The number of hydrogen-bond acceptors (Lipinski definition) is 4. The van der Waals surface area contributed by atoms with E-state index in [1.54, 1.807) is 7.11 Å². The lowest BCUT2D eigenvalue weighted by molar-refractivity contribution is -0.137. The second kappa shape index (κ2) is 11.8. The topological polar surface area (TPSA) is 84.9 Å². The molecule has 2 rings (SSSR count). The minimum Gasteiger partial charge on any atom is -0.488 e. The highest BCUT2D eigenvalue weighted by Gasteiger charge is 2.11. The fraction of sp³-hybridized carbons (Fsp3) is 0.364. The maximum atomic E-state index is 12.5. The average molecular weight is 385 g/mol. The van der Waals surface area contributed by atoms with Gasteiger partial charge < -0.3 is 19.9 Å². The molecule has 2 aromatic carbocycles. The molecule has 0 spiro atoms. The van der Waals surface area contributed by atoms with Crippen LogP contribution in [0.2, 0.25) is 0 Å². The maximum Gasteiger partial charge on any atom is 0.303 e. The van der Waals surface area contributed by atoms with Crippen molar-refractivity contribution in [3.05, 3.63) is 54.1 Å². The standard InChI is InChI=1S/C22H27NO5/c1-27-15-14-23-22(26)18(9-3-2-4-13-21(24)25)16-28-20-12-7-10-17-8-5-6-11-19(17)20/h5-12H,2-4,13-16H2,1H3,(H,23,26)(H,24,25)/b18-9+. The molecule has 6 heteroatoms. The second-order valence-corrected chi connectivity index (χ2v) is 6.38. The molecule has 0 bridgehead atoms. The van der Waals surface area contributed by atoms with E-state index in [9.17, 15) is 9.59 Å². The molecule has 2 aromatic rings. The van der Waals surface area contributed by atoms with Crippen LogP contribution in [0.3, 0.4) is 0 Å². The van der Waals surface area contributed by atoms with Gasteiger partial charge in [-0.2, -0.15) is 0 Å². The van der Waals surface area contributed by atoms with Gasteiger partial charge in [0.25, 0.3) is 0 Å². The highest BCUT2D eigenvalue weighted by molar-refractivity contribution is 5.94. The molecule has 0 aromatic heterocycles. The number of hydrogen-bond donors (Lipinski definition) is 2. The number of allylic oxidation sites excluding steroid dienone is 1. The van der Waals surface area contributed by atoms with E-state index in [0.717, 1.165) is 16.5 Å². The molecule has 2 N–H and O–H groups in total. The van der Waals surface area contributed by atoms with Crippen LogP contribution in [0.15, 0.2) is 54.1 Å². The third-order valence-corrected chi connectivity index (χ3v) is 4.25. The quantitative estimate of drug-likeness (QED) is 0.431. The lowest BCUT2D eigenvalue weighted by Gasteiger charge is -2.12. The van der Waals surface area contributed by atoms with Gasteiger partial charge in [-0.15, -0.1) is 0 Å². The fourth-order valence-corrected chi connectivity index (χ4v) is 2.77. The van der Waals surface area contributed by atoms with Crippen molar-refractivity contribution in [3.8, 4) is 5.75 Å². The minimum atomic E-state index is -0.805. The number of nitrogens with one attached hydrogen (secondary N) is 1. The number of carbonyl (C=O) groups is 2. The first-order chi connectivity index (χ1) is 13.6. The predicted octanol–water partition coefficient (Wildman–Crippen LogP) is 3.55. The number of methoxy groups -OCH3 is 1. The highest BCUT2D eigenvalue weighted by atomic mass is 16.5. The Kier molecular flexibility index (Phi) is 9.01. The number of aliphatic carboxylic acids is 1. The molecule has 0 aliphatic carbocycles. The summed E-state index contributed by atoms with van der Waals surface area (Å²) in [7, 11) is 1.58. The zero-order valence-electron chi connectivity index (χ0n) is 16.1. The van der Waals surface area contributed by atoms with Crippen LogP contribution >= 0.6 is 0 Å². The van der Waals surface area contributed by atoms with Crippen LogP contribution in [0.1, 0.15) is 25.7 Å². The molecule has 28 heavy (non-hydrogen) atoms. The van der Waals surface area contributed by atoms with Crippen molar-refractivity contribution in [2.75, 3.05) is 26.9 Å². The minimum absolute atomic E-state index is 0.135. The number of amides is 1. The summed E-state index contributed by atoms with van der Waals surface area (Å²) >= 11 is 0. The number of benzene rings is 2. The van der Waals surface area contributed by atoms with E-state index in [0.29, 0.717) is 38.0 Å². The summed E-state index contributed by atoms with van der Waals surface area (Å²) in [6.45, 7) is 0.994. The van der Waals surface area contributed by atoms with Crippen LogP contribution in [-0.4, -0.2) is 43.9 Å². The lowest BCUT2D eigenvalue weighted by Crippen LogP contribution is -2.30. The molecule has 6 nitrogen and oxygen atoms in total. The monoisotopic (exact) mass is 385 g/mol. The van der Waals surface area contributed by atoms with Crippen molar-refractivity contribution in [1.29, 1.82) is 0 Å². The number of fused-ring (bicyclic) bond motifs is 1. The molecule has 150 valence electrons. The SMILES string of the molecule is COCCNC(=O)/C(=C/CCCCC(=O)O)COc1cccc2ccccc12. The second-order valence-electron chi connectivity index (χ2n) is 6.38. The Hall–Kier alpha value is -2.86. The van der Waals surface area contributed by atoms with E-state index in [-0.39, 0.29) is 18.9 Å². The third kappa shape index (κ3) is 7.04. The van der Waals surface area contributed by atoms with Crippen molar-refractivity contribution in [2.24, 2.45) is 0 Å². The van der Waals surface area contributed by atoms with Crippen LogP contribution in [0.4, 0.5) is 0 Å². The summed E-state index contributed by atoms with van der Waals surface area (Å²) in [5.74, 6) is -0.282. The van der Waals surface area contributed by atoms with Gasteiger partial charge in [0.15, 0.2) is 0 Å². The first-order valence-electron chi connectivity index (χ1n) is 9.40. The highest BCUT2D eigenvalue weighted by Crippen LogP contribution is 2.25. The number of carboxylic acid groups (broad SMARTS) is 1. The van der Waals surface area contributed by atoms with Gasteiger partial charge in [0, 0.05) is 25.5 Å². The zero-order valence-corrected chi connectivity index (χ0v) is 16.1. The van der Waals surface area contributed by atoms with E-state index in [2.05, 4.69) is 5.32 Å². The Morgan fingerprint density at radius 1 is 1.11 bits per heavy atom.